The molecule has 0 radical (unpaired) electrons. The Kier molecular flexibility index (Phi) is 51.3. The number of esters is 2. The number of hydrogen-bond donors (Lipinski definition) is 1. The number of hydrogen-bond acceptors (Lipinski definition) is 6. The summed E-state index contributed by atoms with van der Waals surface area (Å²) in [5.41, 5.74) is 0. The Hall–Kier alpha value is -1.14. The van der Waals surface area contributed by atoms with Crippen molar-refractivity contribution in [2.24, 2.45) is 11.8 Å². The van der Waals surface area contributed by atoms with Gasteiger partial charge in [0.1, 0.15) is 0 Å². The number of likely N-dealkylation sites (N-methyl/N-ethyl adjacent to an activating group) is 1. The van der Waals surface area contributed by atoms with Crippen LogP contribution in [0.1, 0.15) is 279 Å². The standard InChI is InChI=1S/C53H106N2O4.CH4/c1-6-10-14-18-26-34-42-50(40-32-16-12-8-3)52(56)58-48-38-30-24-20-22-28-36-45-55(47-44-54-5)46-37-29-23-21-25-31-39-49-59-53(57)51(41-33-17-13-9-4)43-35-27-19-15-11-7-2;/h50-51,54H,6-49H2,1-5H3;1H4. The Morgan fingerprint density at radius 2 is 0.650 bits per heavy atom. The molecule has 2 atom stereocenters. The fraction of sp³-hybridized carbons (Fsp3) is 0.963. The Labute approximate surface area is 377 Å². The number of rotatable bonds is 49. The van der Waals surface area contributed by atoms with Gasteiger partial charge in [0.05, 0.1) is 25.0 Å². The molecule has 6 nitrogen and oxygen atoms in total. The summed E-state index contributed by atoms with van der Waals surface area (Å²) < 4.78 is 11.6. The van der Waals surface area contributed by atoms with Crippen molar-refractivity contribution in [1.29, 1.82) is 0 Å². The van der Waals surface area contributed by atoms with Crippen molar-refractivity contribution < 1.29 is 19.1 Å². The second-order valence-corrected chi connectivity index (χ2v) is 18.4. The molecule has 0 aromatic rings. The van der Waals surface area contributed by atoms with E-state index in [0.29, 0.717) is 13.2 Å². The molecular formula is C54H110N2O4. The molecule has 0 aliphatic rings. The lowest BCUT2D eigenvalue weighted by Gasteiger charge is -2.22. The fourth-order valence-electron chi connectivity index (χ4n) is 8.57. The normalized spacial score (nSPS) is 12.4. The number of carbonyl (C=O) groups excluding carboxylic acids is 2. The van der Waals surface area contributed by atoms with E-state index in [1.807, 2.05) is 0 Å². The van der Waals surface area contributed by atoms with Gasteiger partial charge < -0.3 is 19.7 Å². The van der Waals surface area contributed by atoms with Crippen molar-refractivity contribution >= 4 is 11.9 Å². The Bertz CT molecular complexity index is 790. The minimum absolute atomic E-state index is 0. The molecule has 0 aliphatic heterocycles. The summed E-state index contributed by atoms with van der Waals surface area (Å²) in [6.45, 7) is 14.9. The zero-order chi connectivity index (χ0) is 43.1. The van der Waals surface area contributed by atoms with E-state index in [-0.39, 0.29) is 31.2 Å². The highest BCUT2D eigenvalue weighted by atomic mass is 16.5. The zero-order valence-electron chi connectivity index (χ0n) is 40.8. The van der Waals surface area contributed by atoms with Gasteiger partial charge in [0.2, 0.25) is 0 Å². The van der Waals surface area contributed by atoms with Crippen LogP contribution in [0.3, 0.4) is 0 Å². The summed E-state index contributed by atoms with van der Waals surface area (Å²) in [4.78, 5) is 28.5. The summed E-state index contributed by atoms with van der Waals surface area (Å²) in [5.74, 6) is 0.404. The van der Waals surface area contributed by atoms with Crippen molar-refractivity contribution in [3.05, 3.63) is 0 Å². The van der Waals surface area contributed by atoms with Gasteiger partial charge >= 0.3 is 11.9 Å². The summed E-state index contributed by atoms with van der Waals surface area (Å²) in [7, 11) is 2.06. The zero-order valence-corrected chi connectivity index (χ0v) is 40.8. The first-order valence-electron chi connectivity index (χ1n) is 26.7. The Morgan fingerprint density at radius 1 is 0.383 bits per heavy atom. The molecule has 0 heterocycles. The number of unbranched alkanes of at least 4 members (excludes halogenated alkanes) is 28. The van der Waals surface area contributed by atoms with Crippen molar-refractivity contribution in [2.45, 2.75) is 279 Å². The van der Waals surface area contributed by atoms with Crippen LogP contribution in [0.4, 0.5) is 0 Å². The molecule has 0 aromatic heterocycles. The van der Waals surface area contributed by atoms with Gasteiger partial charge in [-0.05, 0) is 71.5 Å². The molecule has 0 amide bonds. The van der Waals surface area contributed by atoms with Gasteiger partial charge in [-0.1, -0.05) is 228 Å². The highest BCUT2D eigenvalue weighted by Gasteiger charge is 2.20. The summed E-state index contributed by atoms with van der Waals surface area (Å²) in [5, 5.41) is 3.35. The van der Waals surface area contributed by atoms with E-state index in [4.69, 9.17) is 9.47 Å². The van der Waals surface area contributed by atoms with Crippen molar-refractivity contribution in [1.82, 2.24) is 10.2 Å². The van der Waals surface area contributed by atoms with E-state index in [1.54, 1.807) is 0 Å². The number of nitrogens with one attached hydrogen (secondary N) is 1. The fourth-order valence-corrected chi connectivity index (χ4v) is 8.57. The first kappa shape index (κ1) is 60.9. The Balaban J connectivity index is 0. The third kappa shape index (κ3) is 42.2. The van der Waals surface area contributed by atoms with Crippen LogP contribution in [0.25, 0.3) is 0 Å². The first-order valence-corrected chi connectivity index (χ1v) is 26.7. The minimum Gasteiger partial charge on any atom is -0.465 e. The van der Waals surface area contributed by atoms with Crippen LogP contribution in [0.5, 0.6) is 0 Å². The minimum atomic E-state index is 0. The average molecular weight is 851 g/mol. The number of nitrogens with zero attached hydrogens (tertiary/aromatic N) is 1. The summed E-state index contributed by atoms with van der Waals surface area (Å²) in [6.07, 6.45) is 46.6. The van der Waals surface area contributed by atoms with Gasteiger partial charge in [-0.25, -0.2) is 0 Å². The molecule has 0 saturated heterocycles. The van der Waals surface area contributed by atoms with E-state index in [9.17, 15) is 9.59 Å². The smallest absolute Gasteiger partial charge is 0.308 e. The van der Waals surface area contributed by atoms with E-state index in [1.165, 1.54) is 219 Å². The van der Waals surface area contributed by atoms with Crippen LogP contribution >= 0.6 is 0 Å². The predicted octanol–water partition coefficient (Wildman–Crippen LogP) is 16.4. The quantitative estimate of drug-likeness (QED) is 0.0486. The molecule has 6 heteroatoms. The first-order chi connectivity index (χ1) is 29.0. The topological polar surface area (TPSA) is 67.9 Å². The van der Waals surface area contributed by atoms with Crippen LogP contribution in [-0.4, -0.2) is 63.3 Å². The van der Waals surface area contributed by atoms with Crippen LogP contribution < -0.4 is 5.32 Å². The summed E-state index contributed by atoms with van der Waals surface area (Å²) >= 11 is 0. The van der Waals surface area contributed by atoms with E-state index >= 15 is 0 Å². The molecule has 0 fully saturated rings. The van der Waals surface area contributed by atoms with Crippen LogP contribution in [0.15, 0.2) is 0 Å². The van der Waals surface area contributed by atoms with Crippen molar-refractivity contribution in [3.63, 3.8) is 0 Å². The molecule has 60 heavy (non-hydrogen) atoms. The van der Waals surface area contributed by atoms with Crippen LogP contribution in [-0.2, 0) is 19.1 Å². The third-order valence-corrected chi connectivity index (χ3v) is 12.7. The van der Waals surface area contributed by atoms with Crippen molar-refractivity contribution in [3.8, 4) is 0 Å². The SMILES string of the molecule is C.CCCCCCCCC(CCCCCC)C(=O)OCCCCCCCCCN(CCCCCCCCCOC(=O)C(CCCCCC)CCCCCCCC)CCNC. The molecule has 0 aliphatic carbocycles. The molecule has 0 spiro atoms. The van der Waals surface area contributed by atoms with Crippen LogP contribution in [0.2, 0.25) is 0 Å². The van der Waals surface area contributed by atoms with E-state index in [2.05, 4.69) is 45.0 Å². The molecule has 0 aromatic carbocycles. The highest BCUT2D eigenvalue weighted by Crippen LogP contribution is 2.22. The van der Waals surface area contributed by atoms with Gasteiger partial charge in [-0.3, -0.25) is 9.59 Å². The molecule has 0 bridgehead atoms. The average Bonchev–Trinajstić information content (AvgIpc) is 3.24. The largest absolute Gasteiger partial charge is 0.465 e. The van der Waals surface area contributed by atoms with Crippen LogP contribution in [0, 0.1) is 11.8 Å². The molecule has 360 valence electrons. The summed E-state index contributed by atoms with van der Waals surface area (Å²) in [6, 6.07) is 0. The Morgan fingerprint density at radius 3 is 0.967 bits per heavy atom. The second kappa shape index (κ2) is 50.5. The maximum Gasteiger partial charge on any atom is 0.308 e. The maximum absolute atomic E-state index is 12.9. The van der Waals surface area contributed by atoms with Gasteiger partial charge in [0.15, 0.2) is 0 Å². The highest BCUT2D eigenvalue weighted by molar-refractivity contribution is 5.72. The van der Waals surface area contributed by atoms with Gasteiger partial charge in [-0.2, -0.15) is 0 Å². The van der Waals surface area contributed by atoms with Gasteiger partial charge in [-0.15, -0.1) is 0 Å². The van der Waals surface area contributed by atoms with Crippen molar-refractivity contribution in [2.75, 3.05) is 46.4 Å². The molecule has 2 unspecified atom stereocenters. The predicted molar refractivity (Wildman–Crippen MR) is 264 cm³/mol. The number of ether oxygens (including phenoxy) is 2. The molecule has 0 saturated carbocycles. The number of carbonyl (C=O) groups is 2. The molecular weight excluding hydrogens is 741 g/mol. The monoisotopic (exact) mass is 851 g/mol. The van der Waals surface area contributed by atoms with Gasteiger partial charge in [0, 0.05) is 13.1 Å². The maximum atomic E-state index is 12.9. The van der Waals surface area contributed by atoms with E-state index < -0.39 is 0 Å². The molecule has 0 rings (SSSR count). The lowest BCUT2D eigenvalue weighted by atomic mass is 9.94. The lowest BCUT2D eigenvalue weighted by Crippen LogP contribution is -2.32. The third-order valence-electron chi connectivity index (χ3n) is 12.7. The van der Waals surface area contributed by atoms with Gasteiger partial charge in [0.25, 0.3) is 0 Å². The lowest BCUT2D eigenvalue weighted by molar-refractivity contribution is -0.150. The van der Waals surface area contributed by atoms with E-state index in [0.717, 1.165) is 51.6 Å². The molecule has 1 N–H and O–H groups in total. The second-order valence-electron chi connectivity index (χ2n) is 18.4.